The number of rotatable bonds is 8. The third kappa shape index (κ3) is 4.79. The summed E-state index contributed by atoms with van der Waals surface area (Å²) in [7, 11) is 0. The number of imidazole rings is 1. The highest BCUT2D eigenvalue weighted by Crippen LogP contribution is 2.30. The van der Waals surface area contributed by atoms with Crippen molar-refractivity contribution in [2.24, 2.45) is 0 Å². The van der Waals surface area contributed by atoms with Gasteiger partial charge in [-0.2, -0.15) is 0 Å². The van der Waals surface area contributed by atoms with E-state index in [2.05, 4.69) is 58.6 Å². The van der Waals surface area contributed by atoms with Crippen molar-refractivity contribution in [3.05, 3.63) is 69.9 Å². The largest absolute Gasteiger partial charge is 0.490 e. The van der Waals surface area contributed by atoms with E-state index in [4.69, 9.17) is 4.74 Å². The number of benzene rings is 1. The van der Waals surface area contributed by atoms with Gasteiger partial charge in [-0.3, -0.25) is 4.90 Å². The van der Waals surface area contributed by atoms with Crippen LogP contribution in [0, 0.1) is 6.92 Å². The Morgan fingerprint density at radius 2 is 2.19 bits per heavy atom. The first-order valence-electron chi connectivity index (χ1n) is 9.67. The fourth-order valence-corrected chi connectivity index (χ4v) is 4.67. The molecule has 0 spiro atoms. The van der Waals surface area contributed by atoms with Crippen molar-refractivity contribution in [1.29, 1.82) is 0 Å². The Hall–Kier alpha value is -2.11. The summed E-state index contributed by atoms with van der Waals surface area (Å²) in [5, 5.41) is 0. The van der Waals surface area contributed by atoms with E-state index >= 15 is 0 Å². The van der Waals surface area contributed by atoms with Gasteiger partial charge in [0, 0.05) is 54.7 Å². The Morgan fingerprint density at radius 1 is 1.26 bits per heavy atom. The zero-order valence-corrected chi connectivity index (χ0v) is 16.9. The van der Waals surface area contributed by atoms with Gasteiger partial charge in [0.25, 0.3) is 0 Å². The molecule has 1 atom stereocenters. The number of hydrogen-bond acceptors (Lipinski definition) is 4. The predicted molar refractivity (Wildman–Crippen MR) is 110 cm³/mol. The van der Waals surface area contributed by atoms with Crippen molar-refractivity contribution < 1.29 is 4.74 Å². The summed E-state index contributed by atoms with van der Waals surface area (Å²) in [5.41, 5.74) is 2.73. The molecule has 0 fully saturated rings. The van der Waals surface area contributed by atoms with Crippen LogP contribution in [0.25, 0.3) is 0 Å². The van der Waals surface area contributed by atoms with Crippen LogP contribution >= 0.6 is 11.3 Å². The molecule has 1 aliphatic heterocycles. The van der Waals surface area contributed by atoms with Crippen molar-refractivity contribution >= 4 is 11.3 Å². The highest BCUT2D eigenvalue weighted by atomic mass is 32.1. The summed E-state index contributed by atoms with van der Waals surface area (Å²) in [6.45, 7) is 8.38. The number of ether oxygens (including phenoxy) is 1. The van der Waals surface area contributed by atoms with Crippen molar-refractivity contribution in [3.8, 4) is 5.75 Å². The molecule has 3 heterocycles. The van der Waals surface area contributed by atoms with Crippen LogP contribution in [0.15, 0.2) is 49.1 Å². The maximum atomic E-state index is 5.85. The zero-order valence-electron chi connectivity index (χ0n) is 16.1. The number of thiophene rings is 1. The molecule has 0 unspecified atom stereocenters. The first-order chi connectivity index (χ1) is 13.2. The molecule has 0 saturated heterocycles. The summed E-state index contributed by atoms with van der Waals surface area (Å²) in [6, 6.07) is 11.2. The third-order valence-corrected chi connectivity index (χ3v) is 5.98. The summed E-state index contributed by atoms with van der Waals surface area (Å²) >= 11 is 1.90. The summed E-state index contributed by atoms with van der Waals surface area (Å²) in [4.78, 5) is 9.52. The molecule has 5 heteroatoms. The molecule has 0 aliphatic carbocycles. The number of aromatic nitrogens is 2. The Bertz CT molecular complexity index is 872. The third-order valence-electron chi connectivity index (χ3n) is 4.99. The molecule has 0 amide bonds. The summed E-state index contributed by atoms with van der Waals surface area (Å²) in [5.74, 6) is 1.06. The molecule has 3 aromatic rings. The molecular weight excluding hydrogens is 354 g/mol. The fraction of sp³-hybridized carbons (Fsp3) is 0.409. The van der Waals surface area contributed by atoms with Crippen LogP contribution in [0.5, 0.6) is 5.75 Å². The lowest BCUT2D eigenvalue weighted by molar-refractivity contribution is 0.250. The molecule has 27 heavy (non-hydrogen) atoms. The van der Waals surface area contributed by atoms with E-state index in [9.17, 15) is 0 Å². The van der Waals surface area contributed by atoms with Crippen LogP contribution in [-0.4, -0.2) is 27.1 Å². The normalized spacial score (nSPS) is 15.9. The second-order valence-corrected chi connectivity index (χ2v) is 8.82. The van der Waals surface area contributed by atoms with Crippen LogP contribution in [0.4, 0.5) is 0 Å². The Morgan fingerprint density at radius 3 is 2.96 bits per heavy atom. The maximum Gasteiger partial charge on any atom is 0.123 e. The molecular formula is C22H27N3OS. The van der Waals surface area contributed by atoms with Crippen LogP contribution in [-0.2, 0) is 26.1 Å². The van der Waals surface area contributed by atoms with E-state index in [1.54, 1.807) is 0 Å². The van der Waals surface area contributed by atoms with E-state index in [1.165, 1.54) is 20.9 Å². The van der Waals surface area contributed by atoms with Gasteiger partial charge in [0.2, 0.25) is 0 Å². The number of hydrogen-bond donors (Lipinski definition) is 0. The van der Waals surface area contributed by atoms with Gasteiger partial charge in [-0.15, -0.1) is 11.3 Å². The molecule has 2 aromatic heterocycles. The van der Waals surface area contributed by atoms with Gasteiger partial charge in [-0.25, -0.2) is 4.98 Å². The van der Waals surface area contributed by atoms with Crippen molar-refractivity contribution in [3.63, 3.8) is 0 Å². The molecule has 1 aromatic carbocycles. The zero-order chi connectivity index (χ0) is 18.6. The first kappa shape index (κ1) is 18.3. The fourth-order valence-electron chi connectivity index (χ4n) is 3.73. The maximum absolute atomic E-state index is 5.85. The van der Waals surface area contributed by atoms with Crippen LogP contribution in [0.2, 0.25) is 0 Å². The minimum atomic E-state index is 0.302. The van der Waals surface area contributed by atoms with Crippen LogP contribution in [0.1, 0.15) is 34.2 Å². The Balaban J connectivity index is 1.42. The van der Waals surface area contributed by atoms with Gasteiger partial charge in [-0.1, -0.05) is 12.1 Å². The van der Waals surface area contributed by atoms with E-state index in [0.717, 1.165) is 44.8 Å². The summed E-state index contributed by atoms with van der Waals surface area (Å²) < 4.78 is 8.01. The van der Waals surface area contributed by atoms with Crippen LogP contribution < -0.4 is 4.74 Å². The van der Waals surface area contributed by atoms with Crippen LogP contribution in [0.3, 0.4) is 0 Å². The molecule has 4 rings (SSSR count). The highest BCUT2D eigenvalue weighted by molar-refractivity contribution is 7.11. The van der Waals surface area contributed by atoms with Gasteiger partial charge in [0.15, 0.2) is 0 Å². The number of aryl methyl sites for hydroxylation is 2. The SMILES string of the molecule is Cc1ccc(CN(CCCn2ccnc2)Cc2ccc3c(c2)C[C@@H](C)O3)s1. The topological polar surface area (TPSA) is 30.3 Å². The van der Waals surface area contributed by atoms with Gasteiger partial charge in [-0.05, 0) is 49.6 Å². The predicted octanol–water partition coefficient (Wildman–Crippen LogP) is 4.67. The average molecular weight is 382 g/mol. The highest BCUT2D eigenvalue weighted by Gasteiger charge is 2.19. The lowest BCUT2D eigenvalue weighted by atomic mass is 10.1. The second-order valence-electron chi connectivity index (χ2n) is 7.45. The van der Waals surface area contributed by atoms with Crippen molar-refractivity contribution in [2.75, 3.05) is 6.54 Å². The quantitative estimate of drug-likeness (QED) is 0.568. The molecule has 0 bridgehead atoms. The Labute approximate surface area is 165 Å². The van der Waals surface area contributed by atoms with E-state index in [-0.39, 0.29) is 0 Å². The molecule has 0 N–H and O–H groups in total. The standard InChI is InChI=1S/C22H27N3OS/c1-17-12-20-13-19(5-7-22(20)26-17)14-25(15-21-6-4-18(2)27-21)10-3-9-24-11-8-23-16-24/h4-8,11,13,16-17H,3,9-10,12,14-15H2,1-2H3/t17-/m1/s1. The van der Waals surface area contributed by atoms with Gasteiger partial charge in [0.05, 0.1) is 6.33 Å². The first-order valence-corrected chi connectivity index (χ1v) is 10.5. The smallest absolute Gasteiger partial charge is 0.123 e. The molecule has 0 radical (unpaired) electrons. The van der Waals surface area contributed by atoms with E-state index in [0.29, 0.717) is 6.10 Å². The average Bonchev–Trinajstić information content (AvgIpc) is 3.36. The summed E-state index contributed by atoms with van der Waals surface area (Å²) in [6.07, 6.45) is 8.22. The molecule has 1 aliphatic rings. The van der Waals surface area contributed by atoms with Crippen molar-refractivity contribution in [1.82, 2.24) is 14.5 Å². The van der Waals surface area contributed by atoms with Gasteiger partial charge in [0.1, 0.15) is 11.9 Å². The van der Waals surface area contributed by atoms with Gasteiger partial charge >= 0.3 is 0 Å². The van der Waals surface area contributed by atoms with Crippen molar-refractivity contribution in [2.45, 2.75) is 52.4 Å². The van der Waals surface area contributed by atoms with Gasteiger partial charge < -0.3 is 9.30 Å². The minimum absolute atomic E-state index is 0.302. The Kier molecular flexibility index (Phi) is 5.60. The second kappa shape index (κ2) is 8.28. The van der Waals surface area contributed by atoms with E-state index in [1.807, 2.05) is 30.1 Å². The monoisotopic (exact) mass is 381 g/mol. The lowest BCUT2D eigenvalue weighted by Gasteiger charge is -2.22. The molecule has 4 nitrogen and oxygen atoms in total. The number of nitrogens with zero attached hydrogens (tertiary/aromatic N) is 3. The number of fused-ring (bicyclic) bond motifs is 1. The van der Waals surface area contributed by atoms with E-state index < -0.39 is 0 Å². The molecule has 0 saturated carbocycles. The minimum Gasteiger partial charge on any atom is -0.490 e. The lowest BCUT2D eigenvalue weighted by Crippen LogP contribution is -2.24. The molecule has 142 valence electrons.